The van der Waals surface area contributed by atoms with Crippen molar-refractivity contribution < 1.29 is 45.9 Å². The fourth-order valence-corrected chi connectivity index (χ4v) is 5.88. The molecule has 13 heteroatoms. The number of sulfone groups is 1. The topological polar surface area (TPSA) is 113 Å². The van der Waals surface area contributed by atoms with Crippen molar-refractivity contribution in [3.05, 3.63) is 48.5 Å². The number of carbonyl (C=O) groups excluding carboxylic acids is 2. The summed E-state index contributed by atoms with van der Waals surface area (Å²) in [5, 5.41) is 10.5. The number of benzene rings is 2. The van der Waals surface area contributed by atoms with Gasteiger partial charge in [0.1, 0.15) is 17.2 Å². The fraction of sp³-hybridized carbons (Fsp3) is 0.440. The molecule has 1 heterocycles. The minimum atomic E-state index is -4.81. The molecule has 0 bridgehead atoms. The first-order valence-electron chi connectivity index (χ1n) is 11.9. The number of hydroxylamine groups is 2. The molecule has 3 rings (SSSR count). The molecule has 2 aromatic carbocycles. The predicted octanol–water partition coefficient (Wildman–Crippen LogP) is 4.26. The summed E-state index contributed by atoms with van der Waals surface area (Å²) in [6, 6.07) is 9.07. The number of alkyl halides is 3. The summed E-state index contributed by atoms with van der Waals surface area (Å²) in [6.07, 6.45) is -3.77. The molecule has 2 amide bonds. The van der Waals surface area contributed by atoms with Crippen molar-refractivity contribution in [3.8, 4) is 17.2 Å². The first kappa shape index (κ1) is 29.2. The van der Waals surface area contributed by atoms with E-state index in [1.54, 1.807) is 18.7 Å². The van der Waals surface area contributed by atoms with Crippen molar-refractivity contribution >= 4 is 22.2 Å². The third-order valence-electron chi connectivity index (χ3n) is 6.20. The molecule has 1 fully saturated rings. The third-order valence-corrected chi connectivity index (χ3v) is 7.97. The van der Waals surface area contributed by atoms with Gasteiger partial charge in [0.05, 0.1) is 16.7 Å². The van der Waals surface area contributed by atoms with Gasteiger partial charge in [-0.05, 0) is 67.3 Å². The summed E-state index contributed by atoms with van der Waals surface area (Å²) in [5.74, 6) is -0.984. The van der Waals surface area contributed by atoms with Crippen LogP contribution in [0.4, 0.5) is 13.2 Å². The highest BCUT2D eigenvalue weighted by atomic mass is 32.2. The third kappa shape index (κ3) is 7.84. The number of carbonyl (C=O) groups is 2. The van der Waals surface area contributed by atoms with E-state index >= 15 is 0 Å². The molecule has 0 saturated carbocycles. The second-order valence-electron chi connectivity index (χ2n) is 9.24. The van der Waals surface area contributed by atoms with E-state index in [2.05, 4.69) is 4.74 Å². The average Bonchev–Trinajstić information content (AvgIpc) is 2.87. The van der Waals surface area contributed by atoms with Crippen molar-refractivity contribution in [1.82, 2.24) is 9.96 Å². The van der Waals surface area contributed by atoms with E-state index < -0.39 is 33.7 Å². The van der Waals surface area contributed by atoms with Gasteiger partial charge in [-0.15, -0.1) is 13.2 Å². The lowest BCUT2D eigenvalue weighted by molar-refractivity contribution is -0.274. The van der Waals surface area contributed by atoms with Crippen molar-refractivity contribution in [1.29, 1.82) is 0 Å². The summed E-state index contributed by atoms with van der Waals surface area (Å²) in [7, 11) is -3.94. The zero-order chi connectivity index (χ0) is 28.1. The van der Waals surface area contributed by atoms with Gasteiger partial charge in [0.2, 0.25) is 12.3 Å². The number of rotatable bonds is 10. The van der Waals surface area contributed by atoms with Gasteiger partial charge >= 0.3 is 6.36 Å². The number of piperidine rings is 1. The van der Waals surface area contributed by atoms with E-state index in [1.807, 2.05) is 0 Å². The number of ether oxygens (including phenoxy) is 2. The van der Waals surface area contributed by atoms with E-state index in [4.69, 9.17) is 4.74 Å². The molecule has 1 atom stereocenters. The molecular weight excluding hydrogens is 529 g/mol. The number of halogens is 3. The Morgan fingerprint density at radius 3 is 2.03 bits per heavy atom. The number of hydrogen-bond donors (Lipinski definition) is 1. The molecule has 1 N–H and O–H groups in total. The molecule has 2 aromatic rings. The predicted molar refractivity (Wildman–Crippen MR) is 129 cm³/mol. The Kier molecular flexibility index (Phi) is 9.26. The molecule has 208 valence electrons. The molecule has 0 spiro atoms. The van der Waals surface area contributed by atoms with Crippen molar-refractivity contribution in [2.75, 3.05) is 18.8 Å². The zero-order valence-corrected chi connectivity index (χ0v) is 21.6. The number of amides is 2. The SMILES string of the molecule is CC(C)C(=O)N1CCC(C(CS(=O)(=O)c2ccc(Oc3ccc(OC(F)(F)F)cc3)cc2)N(O)C=O)CC1. The maximum atomic E-state index is 13.1. The Bertz CT molecular complexity index is 1190. The van der Waals surface area contributed by atoms with E-state index in [1.165, 1.54) is 36.4 Å². The van der Waals surface area contributed by atoms with E-state index in [0.29, 0.717) is 31.0 Å². The first-order chi connectivity index (χ1) is 17.8. The van der Waals surface area contributed by atoms with Crippen LogP contribution in [0.15, 0.2) is 53.4 Å². The zero-order valence-electron chi connectivity index (χ0n) is 20.8. The van der Waals surface area contributed by atoms with Gasteiger partial charge in [-0.3, -0.25) is 14.8 Å². The Hall–Kier alpha value is -3.32. The standard InChI is InChI=1S/C25H29F3N2O7S/c1-17(2)24(32)29-13-11-18(12-14-29)23(30(33)16-31)15-38(34,35)22-9-7-20(8-10-22)36-19-3-5-21(6-4-19)37-25(26,27)28/h3-10,16-18,23,33H,11-15H2,1-2H3. The van der Waals surface area contributed by atoms with E-state index in [0.717, 1.165) is 12.1 Å². The molecule has 1 aliphatic rings. The van der Waals surface area contributed by atoms with Gasteiger partial charge in [0.15, 0.2) is 9.84 Å². The van der Waals surface area contributed by atoms with Gasteiger partial charge in [-0.2, -0.15) is 0 Å². The minimum Gasteiger partial charge on any atom is -0.457 e. The molecule has 1 unspecified atom stereocenters. The monoisotopic (exact) mass is 558 g/mol. The van der Waals surface area contributed by atoms with Crippen LogP contribution in [0.5, 0.6) is 17.2 Å². The molecule has 9 nitrogen and oxygen atoms in total. The van der Waals surface area contributed by atoms with Crippen molar-refractivity contribution in [3.63, 3.8) is 0 Å². The van der Waals surface area contributed by atoms with Gasteiger partial charge < -0.3 is 14.4 Å². The van der Waals surface area contributed by atoms with Crippen molar-refractivity contribution in [2.24, 2.45) is 11.8 Å². The van der Waals surface area contributed by atoms with Crippen LogP contribution in [0, 0.1) is 11.8 Å². The van der Waals surface area contributed by atoms with Crippen LogP contribution in [0.2, 0.25) is 0 Å². The van der Waals surface area contributed by atoms with Crippen LogP contribution in [0.1, 0.15) is 26.7 Å². The lowest BCUT2D eigenvalue weighted by atomic mass is 9.89. The van der Waals surface area contributed by atoms with Crippen LogP contribution in [0.25, 0.3) is 0 Å². The highest BCUT2D eigenvalue weighted by Crippen LogP contribution is 2.30. The van der Waals surface area contributed by atoms with Gasteiger partial charge in [0, 0.05) is 19.0 Å². The van der Waals surface area contributed by atoms with Crippen LogP contribution in [0.3, 0.4) is 0 Å². The Labute approximate surface area is 218 Å². The molecule has 1 saturated heterocycles. The average molecular weight is 559 g/mol. The summed E-state index contributed by atoms with van der Waals surface area (Å²) in [5.41, 5.74) is 0. The number of nitrogens with zero attached hydrogens (tertiary/aromatic N) is 2. The van der Waals surface area contributed by atoms with Crippen LogP contribution in [-0.2, 0) is 19.4 Å². The molecule has 0 aliphatic carbocycles. The van der Waals surface area contributed by atoms with Crippen LogP contribution >= 0.6 is 0 Å². The van der Waals surface area contributed by atoms with Crippen LogP contribution in [-0.4, -0.2) is 67.2 Å². The van der Waals surface area contributed by atoms with E-state index in [9.17, 15) is 36.4 Å². The molecule has 38 heavy (non-hydrogen) atoms. The first-order valence-corrected chi connectivity index (χ1v) is 13.5. The molecule has 0 aromatic heterocycles. The summed E-state index contributed by atoms with van der Waals surface area (Å²) in [4.78, 5) is 25.2. The maximum Gasteiger partial charge on any atom is 0.573 e. The number of likely N-dealkylation sites (tertiary alicyclic amines) is 1. The highest BCUT2D eigenvalue weighted by Gasteiger charge is 2.35. The Balaban J connectivity index is 1.66. The Morgan fingerprint density at radius 1 is 1.05 bits per heavy atom. The normalized spacial score (nSPS) is 15.7. The number of hydrogen-bond acceptors (Lipinski definition) is 7. The van der Waals surface area contributed by atoms with Crippen molar-refractivity contribution in [2.45, 2.75) is 44.0 Å². The van der Waals surface area contributed by atoms with Gasteiger partial charge in [0.25, 0.3) is 0 Å². The minimum absolute atomic E-state index is 0.00300. The quantitative estimate of drug-likeness (QED) is 0.263. The fourth-order valence-electron chi connectivity index (χ4n) is 4.26. The smallest absolute Gasteiger partial charge is 0.457 e. The van der Waals surface area contributed by atoms with Crippen LogP contribution < -0.4 is 9.47 Å². The lowest BCUT2D eigenvalue weighted by Crippen LogP contribution is -2.49. The molecule has 0 radical (unpaired) electrons. The summed E-state index contributed by atoms with van der Waals surface area (Å²) in [6.45, 7) is 4.40. The second-order valence-corrected chi connectivity index (χ2v) is 11.3. The lowest BCUT2D eigenvalue weighted by Gasteiger charge is -2.38. The Morgan fingerprint density at radius 2 is 1.55 bits per heavy atom. The molecular formula is C25H29F3N2O7S. The van der Waals surface area contributed by atoms with Gasteiger partial charge in [-0.25, -0.2) is 13.5 Å². The van der Waals surface area contributed by atoms with Gasteiger partial charge in [-0.1, -0.05) is 13.8 Å². The molecule has 1 aliphatic heterocycles. The maximum absolute atomic E-state index is 13.1. The second kappa shape index (κ2) is 12.0. The summed E-state index contributed by atoms with van der Waals surface area (Å²) < 4.78 is 72.5. The van der Waals surface area contributed by atoms with E-state index in [-0.39, 0.29) is 40.5 Å². The summed E-state index contributed by atoms with van der Waals surface area (Å²) >= 11 is 0. The highest BCUT2D eigenvalue weighted by molar-refractivity contribution is 7.91. The largest absolute Gasteiger partial charge is 0.573 e.